The van der Waals surface area contributed by atoms with Crippen molar-refractivity contribution in [1.82, 2.24) is 4.90 Å². The van der Waals surface area contributed by atoms with Gasteiger partial charge >= 0.3 is 6.18 Å². The van der Waals surface area contributed by atoms with E-state index < -0.39 is 21.8 Å². The van der Waals surface area contributed by atoms with Gasteiger partial charge in [0.1, 0.15) is 5.84 Å². The minimum atomic E-state index is -4.41. The van der Waals surface area contributed by atoms with E-state index in [0.717, 1.165) is 12.1 Å². The highest BCUT2D eigenvalue weighted by molar-refractivity contribution is 7.90. The number of anilines is 1. The van der Waals surface area contributed by atoms with Crippen molar-refractivity contribution in [2.45, 2.75) is 11.1 Å². The van der Waals surface area contributed by atoms with E-state index in [4.69, 9.17) is 0 Å². The first-order valence-electron chi connectivity index (χ1n) is 10.4. The summed E-state index contributed by atoms with van der Waals surface area (Å²) in [6, 6.07) is 22.2. The molecule has 0 atom stereocenters. The van der Waals surface area contributed by atoms with Crippen LogP contribution in [0.15, 0.2) is 94.2 Å². The molecule has 3 aromatic rings. The van der Waals surface area contributed by atoms with Gasteiger partial charge in [-0.1, -0.05) is 54.6 Å². The van der Waals surface area contributed by atoms with E-state index in [1.807, 2.05) is 15.9 Å². The molecule has 0 N–H and O–H groups in total. The topological polar surface area (TPSA) is 53.0 Å². The Morgan fingerprint density at radius 3 is 2.00 bits per heavy atom. The Balaban J connectivity index is 1.60. The van der Waals surface area contributed by atoms with Gasteiger partial charge in [-0.05, 0) is 30.3 Å². The van der Waals surface area contributed by atoms with Crippen LogP contribution in [0.4, 0.5) is 18.9 Å². The van der Waals surface area contributed by atoms with Crippen LogP contribution in [-0.4, -0.2) is 45.3 Å². The van der Waals surface area contributed by atoms with Gasteiger partial charge < -0.3 is 9.80 Å². The van der Waals surface area contributed by atoms with Crippen LogP contribution in [0.2, 0.25) is 0 Å². The van der Waals surface area contributed by atoms with Crippen molar-refractivity contribution in [2.75, 3.05) is 31.1 Å². The maximum Gasteiger partial charge on any atom is 0.416 e. The van der Waals surface area contributed by atoms with Gasteiger partial charge in [0.25, 0.3) is 10.0 Å². The molecular weight excluding hydrogens is 451 g/mol. The Bertz CT molecular complexity index is 1220. The van der Waals surface area contributed by atoms with Crippen molar-refractivity contribution in [3.8, 4) is 0 Å². The Labute approximate surface area is 190 Å². The van der Waals surface area contributed by atoms with Crippen LogP contribution in [0.3, 0.4) is 0 Å². The van der Waals surface area contributed by atoms with Crippen LogP contribution in [0, 0.1) is 0 Å². The lowest BCUT2D eigenvalue weighted by molar-refractivity contribution is -0.137. The fourth-order valence-corrected chi connectivity index (χ4v) is 4.75. The van der Waals surface area contributed by atoms with Crippen molar-refractivity contribution in [3.05, 3.63) is 96.1 Å². The molecule has 1 aliphatic rings. The summed E-state index contributed by atoms with van der Waals surface area (Å²) in [4.78, 5) is 3.82. The number of alkyl halides is 3. The van der Waals surface area contributed by atoms with Gasteiger partial charge in [-0.2, -0.15) is 21.6 Å². The highest BCUT2D eigenvalue weighted by Gasteiger charge is 2.31. The third-order valence-corrected chi connectivity index (χ3v) is 6.68. The molecule has 0 unspecified atom stereocenters. The summed E-state index contributed by atoms with van der Waals surface area (Å²) in [7, 11) is -3.94. The molecule has 1 fully saturated rings. The lowest BCUT2D eigenvalue weighted by atomic mass is 10.1. The Morgan fingerprint density at radius 1 is 0.788 bits per heavy atom. The number of halogens is 3. The number of nitrogens with zero attached hydrogens (tertiary/aromatic N) is 3. The molecule has 33 heavy (non-hydrogen) atoms. The third-order valence-electron chi connectivity index (χ3n) is 5.40. The maximum absolute atomic E-state index is 13.1. The number of amidine groups is 1. The number of rotatable bonds is 4. The first kappa shape index (κ1) is 22.8. The molecule has 0 aliphatic carbocycles. The van der Waals surface area contributed by atoms with E-state index >= 15 is 0 Å². The summed E-state index contributed by atoms with van der Waals surface area (Å²) in [5.74, 6) is 0.322. The average molecular weight is 474 g/mol. The first-order valence-corrected chi connectivity index (χ1v) is 11.8. The molecule has 1 saturated heterocycles. The number of hydrogen-bond acceptors (Lipinski definition) is 3. The van der Waals surface area contributed by atoms with Gasteiger partial charge in [0.15, 0.2) is 0 Å². The smallest absolute Gasteiger partial charge is 0.368 e. The van der Waals surface area contributed by atoms with Crippen molar-refractivity contribution in [3.63, 3.8) is 0 Å². The molecule has 4 rings (SSSR count). The Kier molecular flexibility index (Phi) is 6.42. The zero-order valence-electron chi connectivity index (χ0n) is 17.6. The maximum atomic E-state index is 13.1. The van der Waals surface area contributed by atoms with Crippen LogP contribution < -0.4 is 4.90 Å². The van der Waals surface area contributed by atoms with Crippen LogP contribution in [0.1, 0.15) is 11.1 Å². The largest absolute Gasteiger partial charge is 0.416 e. The summed E-state index contributed by atoms with van der Waals surface area (Å²) >= 11 is 0. The van der Waals surface area contributed by atoms with E-state index in [9.17, 15) is 21.6 Å². The SMILES string of the molecule is O=S(=O)(/N=C(\c1ccccc1)N1CCN(c2cccc(C(F)(F)F)c2)CC1)c1ccccc1. The number of hydrogen-bond donors (Lipinski definition) is 0. The summed E-state index contributed by atoms with van der Waals surface area (Å²) in [5, 5.41) is 0. The van der Waals surface area contributed by atoms with Crippen LogP contribution >= 0.6 is 0 Å². The summed E-state index contributed by atoms with van der Waals surface area (Å²) < 4.78 is 69.3. The van der Waals surface area contributed by atoms with E-state index in [2.05, 4.69) is 4.40 Å². The fraction of sp³-hybridized carbons (Fsp3) is 0.208. The lowest BCUT2D eigenvalue weighted by Gasteiger charge is -2.37. The van der Waals surface area contributed by atoms with E-state index in [0.29, 0.717) is 43.3 Å². The molecule has 0 bridgehead atoms. The standard InChI is InChI=1S/C24H22F3N3O2S/c25-24(26,27)20-10-7-11-21(18-20)29-14-16-30(17-15-29)23(19-8-3-1-4-9-19)28-33(31,32)22-12-5-2-6-13-22/h1-13,18H,14-17H2/b28-23+. The molecule has 1 heterocycles. The molecule has 0 saturated carbocycles. The predicted molar refractivity (Wildman–Crippen MR) is 122 cm³/mol. The Hall–Kier alpha value is -3.33. The monoisotopic (exact) mass is 473 g/mol. The van der Waals surface area contributed by atoms with Crippen molar-refractivity contribution < 1.29 is 21.6 Å². The number of sulfonamides is 1. The molecule has 0 radical (unpaired) electrons. The van der Waals surface area contributed by atoms with Gasteiger partial charge in [-0.15, -0.1) is 4.40 Å². The summed E-state index contributed by atoms with van der Waals surface area (Å²) in [5.41, 5.74) is 0.451. The quantitative estimate of drug-likeness (QED) is 0.409. The lowest BCUT2D eigenvalue weighted by Crippen LogP contribution is -2.49. The molecule has 0 aromatic heterocycles. The second-order valence-corrected chi connectivity index (χ2v) is 9.20. The van der Waals surface area contributed by atoms with E-state index in [1.165, 1.54) is 18.2 Å². The first-order chi connectivity index (χ1) is 15.7. The molecule has 3 aromatic carbocycles. The normalized spacial score (nSPS) is 15.5. The zero-order valence-corrected chi connectivity index (χ0v) is 18.4. The fourth-order valence-electron chi connectivity index (χ4n) is 3.69. The second-order valence-electron chi connectivity index (χ2n) is 7.59. The van der Waals surface area contributed by atoms with Crippen LogP contribution in [0.25, 0.3) is 0 Å². The second kappa shape index (κ2) is 9.27. The van der Waals surface area contributed by atoms with Crippen molar-refractivity contribution in [2.24, 2.45) is 4.40 Å². The molecule has 1 aliphatic heterocycles. The molecule has 0 spiro atoms. The summed E-state index contributed by atoms with van der Waals surface area (Å²) in [6.45, 7) is 1.68. The zero-order chi connectivity index (χ0) is 23.5. The third kappa shape index (κ3) is 5.36. The highest BCUT2D eigenvalue weighted by atomic mass is 32.2. The number of benzene rings is 3. The molecule has 0 amide bonds. The van der Waals surface area contributed by atoms with Crippen LogP contribution in [-0.2, 0) is 16.2 Å². The molecule has 9 heteroatoms. The molecule has 5 nitrogen and oxygen atoms in total. The van der Waals surface area contributed by atoms with Crippen molar-refractivity contribution >= 4 is 21.5 Å². The number of piperazine rings is 1. The van der Waals surface area contributed by atoms with E-state index in [-0.39, 0.29) is 4.90 Å². The highest BCUT2D eigenvalue weighted by Crippen LogP contribution is 2.32. The van der Waals surface area contributed by atoms with Crippen LogP contribution in [0.5, 0.6) is 0 Å². The predicted octanol–water partition coefficient (Wildman–Crippen LogP) is 4.66. The average Bonchev–Trinajstić information content (AvgIpc) is 2.83. The minimum Gasteiger partial charge on any atom is -0.368 e. The summed E-state index contributed by atoms with van der Waals surface area (Å²) in [6.07, 6.45) is -4.41. The van der Waals surface area contributed by atoms with Crippen molar-refractivity contribution in [1.29, 1.82) is 0 Å². The molecular formula is C24H22F3N3O2S. The minimum absolute atomic E-state index is 0.0982. The van der Waals surface area contributed by atoms with Gasteiger partial charge in [0.2, 0.25) is 0 Å². The molecule has 172 valence electrons. The van der Waals surface area contributed by atoms with Gasteiger partial charge in [-0.25, -0.2) is 0 Å². The Morgan fingerprint density at radius 2 is 1.39 bits per heavy atom. The van der Waals surface area contributed by atoms with Gasteiger partial charge in [0, 0.05) is 37.4 Å². The van der Waals surface area contributed by atoms with Gasteiger partial charge in [-0.3, -0.25) is 0 Å². The van der Waals surface area contributed by atoms with E-state index in [1.54, 1.807) is 48.5 Å². The van der Waals surface area contributed by atoms with Gasteiger partial charge in [0.05, 0.1) is 10.5 Å².